The van der Waals surface area contributed by atoms with Crippen LogP contribution < -0.4 is 4.72 Å². The minimum atomic E-state index is -3.26. The zero-order chi connectivity index (χ0) is 17.1. The fourth-order valence-corrected chi connectivity index (χ4v) is 4.88. The molecule has 1 aliphatic heterocycles. The summed E-state index contributed by atoms with van der Waals surface area (Å²) in [7, 11) is -3.26. The Labute approximate surface area is 144 Å². The van der Waals surface area contributed by atoms with Gasteiger partial charge in [-0.2, -0.15) is 0 Å². The number of thiophene rings is 1. The quantitative estimate of drug-likeness (QED) is 0.809. The first-order chi connectivity index (χ1) is 10.7. The first-order valence-corrected chi connectivity index (χ1v) is 10.6. The summed E-state index contributed by atoms with van der Waals surface area (Å²) >= 11 is 1.60. The third-order valence-electron chi connectivity index (χ3n) is 4.20. The Hall–Kier alpha value is -0.470. The van der Waals surface area contributed by atoms with E-state index in [4.69, 9.17) is 4.74 Å². The van der Waals surface area contributed by atoms with E-state index in [0.29, 0.717) is 13.0 Å². The molecule has 0 spiro atoms. The topological polar surface area (TPSA) is 58.6 Å². The van der Waals surface area contributed by atoms with Gasteiger partial charge in [-0.25, -0.2) is 13.1 Å². The molecular weight excluding hydrogens is 332 g/mol. The van der Waals surface area contributed by atoms with Crippen molar-refractivity contribution in [2.75, 3.05) is 25.4 Å². The van der Waals surface area contributed by atoms with Gasteiger partial charge in [0.05, 0.1) is 18.0 Å². The van der Waals surface area contributed by atoms with Gasteiger partial charge in [-0.05, 0) is 45.6 Å². The summed E-state index contributed by atoms with van der Waals surface area (Å²) in [5.74, 6) is 0.138. The van der Waals surface area contributed by atoms with Gasteiger partial charge in [0.25, 0.3) is 0 Å². The molecule has 132 valence electrons. The van der Waals surface area contributed by atoms with Crippen molar-refractivity contribution in [3.63, 3.8) is 0 Å². The van der Waals surface area contributed by atoms with E-state index in [1.54, 1.807) is 11.3 Å². The van der Waals surface area contributed by atoms with E-state index in [1.807, 2.05) is 17.5 Å². The van der Waals surface area contributed by atoms with Gasteiger partial charge < -0.3 is 4.74 Å². The summed E-state index contributed by atoms with van der Waals surface area (Å²) in [4.78, 5) is 3.42. The van der Waals surface area contributed by atoms with Crippen LogP contribution in [0, 0.1) is 0 Å². The molecule has 0 bridgehead atoms. The normalized spacial score (nSPS) is 24.0. The van der Waals surface area contributed by atoms with Crippen LogP contribution in [0.2, 0.25) is 0 Å². The lowest BCUT2D eigenvalue weighted by molar-refractivity contribution is -0.0945. The van der Waals surface area contributed by atoms with E-state index in [9.17, 15) is 8.42 Å². The molecule has 1 fully saturated rings. The Balaban J connectivity index is 1.87. The molecule has 2 rings (SSSR count). The van der Waals surface area contributed by atoms with Crippen molar-refractivity contribution in [2.24, 2.45) is 0 Å². The zero-order valence-electron chi connectivity index (χ0n) is 14.4. The number of aryl methyl sites for hydroxylation is 1. The summed E-state index contributed by atoms with van der Waals surface area (Å²) in [6.07, 6.45) is 0.918. The third kappa shape index (κ3) is 5.83. The van der Waals surface area contributed by atoms with Crippen LogP contribution in [-0.4, -0.2) is 56.5 Å². The van der Waals surface area contributed by atoms with Crippen LogP contribution in [0.4, 0.5) is 0 Å². The lowest BCUT2D eigenvalue weighted by Crippen LogP contribution is -2.58. The molecular formula is C16H28N2O3S2. The standard InChI is InChI=1S/C16H28N2O3S2/c1-13-10-18(11-14(2)21-13)16(3,4)12-17-23(19,20)9-7-15-6-5-8-22-15/h5-6,8,13-14,17H,7,9-12H2,1-4H3/t13-,14-/m1/s1. The minimum Gasteiger partial charge on any atom is -0.373 e. The summed E-state index contributed by atoms with van der Waals surface area (Å²) in [5.41, 5.74) is -0.234. The Morgan fingerprint density at radius 2 is 2.00 bits per heavy atom. The molecule has 1 aromatic heterocycles. The summed E-state index contributed by atoms with van der Waals surface area (Å²) in [6, 6.07) is 3.92. The maximum Gasteiger partial charge on any atom is 0.212 e. The second kappa shape index (κ2) is 7.61. The maximum atomic E-state index is 12.2. The molecule has 1 aliphatic rings. The molecule has 1 saturated heterocycles. The highest BCUT2D eigenvalue weighted by Gasteiger charge is 2.33. The summed E-state index contributed by atoms with van der Waals surface area (Å²) in [6.45, 7) is 10.4. The second-order valence-corrected chi connectivity index (χ2v) is 9.90. The average Bonchev–Trinajstić information content (AvgIpc) is 2.96. The number of ether oxygens (including phenoxy) is 1. The van der Waals surface area contributed by atoms with Crippen LogP contribution in [0.3, 0.4) is 0 Å². The molecule has 2 atom stereocenters. The minimum absolute atomic E-state index is 0.138. The van der Waals surface area contributed by atoms with Crippen molar-refractivity contribution in [3.05, 3.63) is 22.4 Å². The molecule has 7 heteroatoms. The zero-order valence-corrected chi connectivity index (χ0v) is 16.0. The van der Waals surface area contributed by atoms with E-state index in [-0.39, 0.29) is 23.5 Å². The van der Waals surface area contributed by atoms with E-state index >= 15 is 0 Å². The predicted octanol–water partition coefficient (Wildman–Crippen LogP) is 2.10. The first-order valence-electron chi connectivity index (χ1n) is 8.08. The first kappa shape index (κ1) is 18.9. The van der Waals surface area contributed by atoms with Gasteiger partial charge in [0.1, 0.15) is 0 Å². The van der Waals surface area contributed by atoms with Crippen molar-refractivity contribution in [1.82, 2.24) is 9.62 Å². The molecule has 0 amide bonds. The molecule has 1 aromatic rings. The molecule has 0 radical (unpaired) electrons. The smallest absolute Gasteiger partial charge is 0.212 e. The molecule has 1 N–H and O–H groups in total. The predicted molar refractivity (Wildman–Crippen MR) is 95.5 cm³/mol. The Morgan fingerprint density at radius 1 is 1.35 bits per heavy atom. The second-order valence-electron chi connectivity index (χ2n) is 6.94. The van der Waals surface area contributed by atoms with Crippen molar-refractivity contribution >= 4 is 21.4 Å². The number of nitrogens with zero attached hydrogens (tertiary/aromatic N) is 1. The molecule has 0 aromatic carbocycles. The number of sulfonamides is 1. The lowest BCUT2D eigenvalue weighted by atomic mass is 10.0. The highest BCUT2D eigenvalue weighted by Crippen LogP contribution is 2.21. The monoisotopic (exact) mass is 360 g/mol. The number of hydrogen-bond acceptors (Lipinski definition) is 5. The van der Waals surface area contributed by atoms with Crippen molar-refractivity contribution in [3.8, 4) is 0 Å². The van der Waals surface area contributed by atoms with Gasteiger partial charge in [-0.15, -0.1) is 11.3 Å². The van der Waals surface area contributed by atoms with Crippen LogP contribution in [-0.2, 0) is 21.2 Å². The fraction of sp³-hybridized carbons (Fsp3) is 0.750. The van der Waals surface area contributed by atoms with Gasteiger partial charge >= 0.3 is 0 Å². The maximum absolute atomic E-state index is 12.2. The van der Waals surface area contributed by atoms with Crippen LogP contribution in [0.25, 0.3) is 0 Å². The highest BCUT2D eigenvalue weighted by molar-refractivity contribution is 7.89. The number of nitrogens with one attached hydrogen (secondary N) is 1. The molecule has 0 aliphatic carbocycles. The van der Waals surface area contributed by atoms with Crippen LogP contribution in [0.5, 0.6) is 0 Å². The van der Waals surface area contributed by atoms with Gasteiger partial charge in [-0.1, -0.05) is 6.07 Å². The van der Waals surface area contributed by atoms with E-state index in [2.05, 4.69) is 37.3 Å². The third-order valence-corrected chi connectivity index (χ3v) is 6.46. The largest absolute Gasteiger partial charge is 0.373 e. The summed E-state index contributed by atoms with van der Waals surface area (Å²) in [5, 5.41) is 1.97. The van der Waals surface area contributed by atoms with E-state index in [1.165, 1.54) is 0 Å². The van der Waals surface area contributed by atoms with E-state index < -0.39 is 10.0 Å². The van der Waals surface area contributed by atoms with Gasteiger partial charge in [0.2, 0.25) is 10.0 Å². The number of rotatable bonds is 7. The Bertz CT molecular complexity index is 574. The van der Waals surface area contributed by atoms with Crippen LogP contribution in [0.1, 0.15) is 32.6 Å². The Kier molecular flexibility index (Phi) is 6.24. The Morgan fingerprint density at radius 3 is 2.57 bits per heavy atom. The van der Waals surface area contributed by atoms with Crippen molar-refractivity contribution < 1.29 is 13.2 Å². The van der Waals surface area contributed by atoms with Gasteiger partial charge in [0.15, 0.2) is 0 Å². The highest BCUT2D eigenvalue weighted by atomic mass is 32.2. The fourth-order valence-electron chi connectivity index (χ4n) is 2.83. The SMILES string of the molecule is C[C@@H]1CN(C(C)(C)CNS(=O)(=O)CCc2cccs2)C[C@@H](C)O1. The molecule has 5 nitrogen and oxygen atoms in total. The summed E-state index contributed by atoms with van der Waals surface area (Å²) < 4.78 is 33.0. The lowest BCUT2D eigenvalue weighted by Gasteiger charge is -2.45. The molecule has 0 unspecified atom stereocenters. The number of hydrogen-bond donors (Lipinski definition) is 1. The van der Waals surface area contributed by atoms with Crippen LogP contribution in [0.15, 0.2) is 17.5 Å². The molecule has 0 saturated carbocycles. The van der Waals surface area contributed by atoms with Crippen molar-refractivity contribution in [2.45, 2.75) is 51.9 Å². The number of morpholine rings is 1. The van der Waals surface area contributed by atoms with Crippen LogP contribution >= 0.6 is 11.3 Å². The van der Waals surface area contributed by atoms with Gasteiger partial charge in [0, 0.05) is 30.1 Å². The average molecular weight is 361 g/mol. The van der Waals surface area contributed by atoms with Gasteiger partial charge in [-0.3, -0.25) is 4.90 Å². The molecule has 2 heterocycles. The van der Waals surface area contributed by atoms with E-state index in [0.717, 1.165) is 18.0 Å². The van der Waals surface area contributed by atoms with Crippen molar-refractivity contribution in [1.29, 1.82) is 0 Å². The molecule has 23 heavy (non-hydrogen) atoms.